The summed E-state index contributed by atoms with van der Waals surface area (Å²) >= 11 is 5.48. The van der Waals surface area contributed by atoms with Crippen LogP contribution >= 0.6 is 12.2 Å². The Labute approximate surface area is 162 Å². The van der Waals surface area contributed by atoms with Crippen molar-refractivity contribution in [1.29, 1.82) is 0 Å². The first-order valence-corrected chi connectivity index (χ1v) is 10.2. The maximum absolute atomic E-state index is 12.4. The Morgan fingerprint density at radius 3 is 2.62 bits per heavy atom. The van der Waals surface area contributed by atoms with E-state index in [0.29, 0.717) is 18.1 Å². The van der Waals surface area contributed by atoms with Gasteiger partial charge in [-0.1, -0.05) is 25.5 Å². The van der Waals surface area contributed by atoms with Gasteiger partial charge < -0.3 is 10.6 Å². The van der Waals surface area contributed by atoms with Crippen molar-refractivity contribution in [1.82, 2.24) is 20.7 Å². The summed E-state index contributed by atoms with van der Waals surface area (Å²) in [6.07, 6.45) is 9.65. The molecule has 0 aromatic heterocycles. The Morgan fingerprint density at radius 2 is 1.92 bits per heavy atom. The Morgan fingerprint density at radius 1 is 1.15 bits per heavy atom. The maximum atomic E-state index is 12.4. The third kappa shape index (κ3) is 6.59. The highest BCUT2D eigenvalue weighted by molar-refractivity contribution is 7.80. The van der Waals surface area contributed by atoms with Crippen molar-refractivity contribution in [3.63, 3.8) is 0 Å². The third-order valence-electron chi connectivity index (χ3n) is 4.69. The lowest BCUT2D eigenvalue weighted by Gasteiger charge is -2.30. The summed E-state index contributed by atoms with van der Waals surface area (Å²) in [7, 11) is 0. The lowest BCUT2D eigenvalue weighted by atomic mass is 9.97. The van der Waals surface area contributed by atoms with Crippen molar-refractivity contribution in [2.45, 2.75) is 58.8 Å². The van der Waals surface area contributed by atoms with Crippen molar-refractivity contribution in [3.8, 4) is 0 Å². The fraction of sp³-hybridized carbons (Fsp3) is 0.737. The molecule has 0 saturated carbocycles. The molecule has 0 atom stereocenters. The standard InChI is InChI=1S/C19H32N4O2S/c1-15(2)13-17(24)21-14-18(25)22-11-6-12-23(22)19(26)20-10-9-16-7-4-3-5-8-16/h7,15H,3-6,8-14H2,1-2H3,(H,20,26)(H,21,24). The van der Waals surface area contributed by atoms with Crippen molar-refractivity contribution in [2.24, 2.45) is 5.92 Å². The van der Waals surface area contributed by atoms with Gasteiger partial charge in [-0.3, -0.25) is 19.6 Å². The van der Waals surface area contributed by atoms with E-state index in [4.69, 9.17) is 12.2 Å². The van der Waals surface area contributed by atoms with Crippen molar-refractivity contribution in [2.75, 3.05) is 26.2 Å². The van der Waals surface area contributed by atoms with E-state index in [2.05, 4.69) is 16.7 Å². The van der Waals surface area contributed by atoms with Crippen LogP contribution in [-0.4, -0.2) is 53.1 Å². The largest absolute Gasteiger partial charge is 0.361 e. The van der Waals surface area contributed by atoms with Gasteiger partial charge in [-0.15, -0.1) is 0 Å². The Balaban J connectivity index is 1.74. The minimum absolute atomic E-state index is 0.0253. The average molecular weight is 381 g/mol. The summed E-state index contributed by atoms with van der Waals surface area (Å²) in [6.45, 7) is 6.17. The molecule has 1 heterocycles. The van der Waals surface area contributed by atoms with Gasteiger partial charge in [0.1, 0.15) is 0 Å². The molecule has 0 aromatic carbocycles. The van der Waals surface area contributed by atoms with Gasteiger partial charge in [0.25, 0.3) is 5.91 Å². The molecule has 7 heteroatoms. The first-order valence-electron chi connectivity index (χ1n) is 9.77. The highest BCUT2D eigenvalue weighted by atomic mass is 32.1. The van der Waals surface area contributed by atoms with E-state index in [1.165, 1.54) is 31.3 Å². The zero-order valence-corrected chi connectivity index (χ0v) is 16.9. The van der Waals surface area contributed by atoms with Crippen LogP contribution in [0.4, 0.5) is 0 Å². The molecule has 26 heavy (non-hydrogen) atoms. The van der Waals surface area contributed by atoms with Gasteiger partial charge in [-0.05, 0) is 56.7 Å². The lowest BCUT2D eigenvalue weighted by Crippen LogP contribution is -2.51. The number of amides is 2. The van der Waals surface area contributed by atoms with Crippen LogP contribution in [0.15, 0.2) is 11.6 Å². The van der Waals surface area contributed by atoms with Crippen LogP contribution in [0.2, 0.25) is 0 Å². The van der Waals surface area contributed by atoms with Crippen molar-refractivity contribution in [3.05, 3.63) is 11.6 Å². The van der Waals surface area contributed by atoms with Crippen LogP contribution in [0.1, 0.15) is 58.8 Å². The molecular weight excluding hydrogens is 348 g/mol. The molecule has 2 N–H and O–H groups in total. The van der Waals surface area contributed by atoms with Gasteiger partial charge in [-0.25, -0.2) is 0 Å². The number of hydrazine groups is 1. The van der Waals surface area contributed by atoms with Gasteiger partial charge in [0, 0.05) is 26.1 Å². The number of nitrogens with zero attached hydrogens (tertiary/aromatic N) is 2. The molecule has 6 nitrogen and oxygen atoms in total. The highest BCUT2D eigenvalue weighted by Crippen LogP contribution is 2.19. The number of thiocarbonyl (C=S) groups is 1. The molecule has 0 spiro atoms. The average Bonchev–Trinajstić information content (AvgIpc) is 3.10. The van der Waals surface area contributed by atoms with Gasteiger partial charge in [0.2, 0.25) is 5.91 Å². The SMILES string of the molecule is CC(C)CC(=O)NCC(=O)N1CCCN1C(=S)NCCC1=CCCCC1. The molecule has 0 radical (unpaired) electrons. The number of carbonyl (C=O) groups is 2. The summed E-state index contributed by atoms with van der Waals surface area (Å²) in [4.78, 5) is 24.2. The second-order valence-corrected chi connectivity index (χ2v) is 7.85. The molecule has 1 fully saturated rings. The summed E-state index contributed by atoms with van der Waals surface area (Å²) in [5.41, 5.74) is 1.51. The summed E-state index contributed by atoms with van der Waals surface area (Å²) < 4.78 is 0. The van der Waals surface area contributed by atoms with Crippen molar-refractivity contribution >= 4 is 29.1 Å². The van der Waals surface area contributed by atoms with E-state index in [-0.39, 0.29) is 24.3 Å². The van der Waals surface area contributed by atoms with Crippen LogP contribution in [0.3, 0.4) is 0 Å². The highest BCUT2D eigenvalue weighted by Gasteiger charge is 2.28. The molecule has 2 aliphatic rings. The van der Waals surface area contributed by atoms with Gasteiger partial charge in [0.05, 0.1) is 6.54 Å². The number of carbonyl (C=O) groups excluding carboxylic acids is 2. The van der Waals surface area contributed by atoms with Crippen LogP contribution < -0.4 is 10.6 Å². The number of hydrogen-bond donors (Lipinski definition) is 2. The van der Waals surface area contributed by atoms with E-state index in [0.717, 1.165) is 25.9 Å². The molecule has 0 bridgehead atoms. The Kier molecular flexibility index (Phi) is 8.35. The molecule has 2 rings (SSSR count). The molecule has 0 unspecified atom stereocenters. The topological polar surface area (TPSA) is 64.7 Å². The van der Waals surface area contributed by atoms with E-state index in [9.17, 15) is 9.59 Å². The molecular formula is C19H32N4O2S. The van der Waals surface area contributed by atoms with E-state index >= 15 is 0 Å². The second-order valence-electron chi connectivity index (χ2n) is 7.46. The van der Waals surface area contributed by atoms with Crippen LogP contribution in [0.5, 0.6) is 0 Å². The maximum Gasteiger partial charge on any atom is 0.260 e. The smallest absolute Gasteiger partial charge is 0.260 e. The second kappa shape index (κ2) is 10.5. The van der Waals surface area contributed by atoms with Gasteiger partial charge in [0.15, 0.2) is 5.11 Å². The first-order chi connectivity index (χ1) is 12.5. The lowest BCUT2D eigenvalue weighted by molar-refractivity contribution is -0.139. The minimum Gasteiger partial charge on any atom is -0.361 e. The van der Waals surface area contributed by atoms with E-state index in [1.54, 1.807) is 5.01 Å². The Bertz CT molecular complexity index is 548. The third-order valence-corrected chi connectivity index (χ3v) is 5.05. The van der Waals surface area contributed by atoms with Crippen LogP contribution in [0, 0.1) is 5.92 Å². The number of hydrogen-bond acceptors (Lipinski definition) is 3. The van der Waals surface area contributed by atoms with E-state index < -0.39 is 0 Å². The molecule has 1 aliphatic heterocycles. The quantitative estimate of drug-likeness (QED) is 0.524. The van der Waals surface area contributed by atoms with Crippen LogP contribution in [-0.2, 0) is 9.59 Å². The normalized spacial score (nSPS) is 17.3. The summed E-state index contributed by atoms with van der Waals surface area (Å²) in [5, 5.41) is 10.1. The zero-order chi connectivity index (χ0) is 18.9. The molecule has 0 aromatic rings. The molecule has 1 saturated heterocycles. The Hall–Kier alpha value is -1.63. The summed E-state index contributed by atoms with van der Waals surface area (Å²) in [5.74, 6) is 0.0868. The van der Waals surface area contributed by atoms with Crippen LogP contribution in [0.25, 0.3) is 0 Å². The monoisotopic (exact) mass is 380 g/mol. The van der Waals surface area contributed by atoms with Gasteiger partial charge in [-0.2, -0.15) is 0 Å². The van der Waals surface area contributed by atoms with E-state index in [1.807, 2.05) is 18.9 Å². The molecule has 146 valence electrons. The molecule has 1 aliphatic carbocycles. The molecule has 2 amide bonds. The number of nitrogens with one attached hydrogen (secondary N) is 2. The van der Waals surface area contributed by atoms with Gasteiger partial charge >= 0.3 is 0 Å². The summed E-state index contributed by atoms with van der Waals surface area (Å²) in [6, 6.07) is 0. The first kappa shape index (κ1) is 20.7. The van der Waals surface area contributed by atoms with Crippen molar-refractivity contribution < 1.29 is 9.59 Å². The minimum atomic E-state index is -0.112. The fourth-order valence-electron chi connectivity index (χ4n) is 3.34. The number of rotatable bonds is 7. The fourth-order valence-corrected chi connectivity index (χ4v) is 3.64. The predicted molar refractivity (Wildman–Crippen MR) is 107 cm³/mol. The number of allylic oxidation sites excluding steroid dienone is 1. The zero-order valence-electron chi connectivity index (χ0n) is 16.1. The predicted octanol–water partition coefficient (Wildman–Crippen LogP) is 2.36.